The Hall–Kier alpha value is -1.75. The lowest BCUT2D eigenvalue weighted by Gasteiger charge is -2.15. The van der Waals surface area contributed by atoms with E-state index in [4.69, 9.17) is 4.74 Å². The van der Waals surface area contributed by atoms with E-state index in [0.29, 0.717) is 18.7 Å². The number of carbonyl (C=O) groups excluding carboxylic acids is 1. The third-order valence-corrected chi connectivity index (χ3v) is 3.08. The van der Waals surface area contributed by atoms with Crippen LogP contribution in [0, 0.1) is 0 Å². The van der Waals surface area contributed by atoms with E-state index in [2.05, 4.69) is 10.6 Å². The van der Waals surface area contributed by atoms with Crippen molar-refractivity contribution in [3.05, 3.63) is 23.8 Å². The van der Waals surface area contributed by atoms with Gasteiger partial charge in [-0.3, -0.25) is 4.79 Å². The molecule has 1 amide bonds. The summed E-state index contributed by atoms with van der Waals surface area (Å²) in [5.74, 6) is 0.647. The van der Waals surface area contributed by atoms with E-state index in [1.165, 1.54) is 7.11 Å². The summed E-state index contributed by atoms with van der Waals surface area (Å²) in [4.78, 5) is 11.5. The normalized spacial score (nSPS) is 11.9. The molecule has 0 bridgehead atoms. The molecule has 0 saturated heterocycles. The number of phenols is 1. The molecule has 0 spiro atoms. The smallest absolute Gasteiger partial charge is 0.221 e. The molecule has 1 aromatic carbocycles. The number of methoxy groups -OCH3 is 1. The zero-order valence-corrected chi connectivity index (χ0v) is 12.4. The van der Waals surface area contributed by atoms with Crippen LogP contribution >= 0.6 is 0 Å². The van der Waals surface area contributed by atoms with Crippen LogP contribution in [0.3, 0.4) is 0 Å². The number of aromatic hydroxyl groups is 1. The lowest BCUT2D eigenvalue weighted by atomic mass is 10.1. The average Bonchev–Trinajstić information content (AvgIpc) is 2.45. The highest BCUT2D eigenvalue weighted by Crippen LogP contribution is 2.28. The summed E-state index contributed by atoms with van der Waals surface area (Å²) in [6.07, 6.45) is 1.41. The Bertz CT molecular complexity index is 435. The van der Waals surface area contributed by atoms with Gasteiger partial charge in [0.1, 0.15) is 0 Å². The number of hydrogen-bond acceptors (Lipinski definition) is 4. The number of nitrogens with one attached hydrogen (secondary N) is 2. The number of carbonyl (C=O) groups is 1. The molecule has 5 heteroatoms. The van der Waals surface area contributed by atoms with Crippen LogP contribution in [0.2, 0.25) is 0 Å². The maximum atomic E-state index is 11.5. The first kappa shape index (κ1) is 16.3. The van der Waals surface area contributed by atoms with Crippen molar-refractivity contribution in [1.82, 2.24) is 10.6 Å². The Labute approximate surface area is 120 Å². The molecule has 5 nitrogen and oxygen atoms in total. The van der Waals surface area contributed by atoms with Crippen LogP contribution in [0.5, 0.6) is 11.5 Å². The van der Waals surface area contributed by atoms with Crippen LogP contribution in [-0.2, 0) is 4.79 Å². The molecule has 0 saturated carbocycles. The highest BCUT2D eigenvalue weighted by atomic mass is 16.5. The van der Waals surface area contributed by atoms with Gasteiger partial charge >= 0.3 is 0 Å². The van der Waals surface area contributed by atoms with E-state index in [0.717, 1.165) is 18.5 Å². The molecule has 0 aromatic heterocycles. The van der Waals surface area contributed by atoms with Gasteiger partial charge in [-0.05, 0) is 31.0 Å². The summed E-state index contributed by atoms with van der Waals surface area (Å²) in [5, 5.41) is 15.7. The van der Waals surface area contributed by atoms with Gasteiger partial charge in [0.25, 0.3) is 0 Å². The minimum Gasteiger partial charge on any atom is -0.504 e. The SMILES string of the molecule is CCCNC(=O)CCNC(C)c1ccc(O)c(OC)c1. The lowest BCUT2D eigenvalue weighted by Crippen LogP contribution is -2.29. The number of benzene rings is 1. The summed E-state index contributed by atoms with van der Waals surface area (Å²) >= 11 is 0. The molecular weight excluding hydrogens is 256 g/mol. The zero-order chi connectivity index (χ0) is 15.0. The van der Waals surface area contributed by atoms with Crippen molar-refractivity contribution < 1.29 is 14.6 Å². The molecule has 0 radical (unpaired) electrons. The van der Waals surface area contributed by atoms with E-state index >= 15 is 0 Å². The second-order valence-electron chi connectivity index (χ2n) is 4.71. The Balaban J connectivity index is 2.43. The first-order chi connectivity index (χ1) is 9.58. The van der Waals surface area contributed by atoms with Crippen LogP contribution < -0.4 is 15.4 Å². The maximum Gasteiger partial charge on any atom is 0.221 e. The van der Waals surface area contributed by atoms with E-state index in [1.54, 1.807) is 12.1 Å². The van der Waals surface area contributed by atoms with Crippen molar-refractivity contribution in [3.63, 3.8) is 0 Å². The minimum absolute atomic E-state index is 0.0647. The van der Waals surface area contributed by atoms with Gasteiger partial charge in [0, 0.05) is 25.6 Å². The summed E-state index contributed by atoms with van der Waals surface area (Å²) in [5.41, 5.74) is 1.01. The van der Waals surface area contributed by atoms with Gasteiger partial charge in [-0.15, -0.1) is 0 Å². The molecule has 0 aliphatic heterocycles. The highest BCUT2D eigenvalue weighted by Gasteiger charge is 2.09. The summed E-state index contributed by atoms with van der Waals surface area (Å²) in [6.45, 7) is 5.37. The third-order valence-electron chi connectivity index (χ3n) is 3.08. The predicted octanol–water partition coefficient (Wildman–Crippen LogP) is 1.97. The number of hydrogen-bond donors (Lipinski definition) is 3. The summed E-state index contributed by atoms with van der Waals surface area (Å²) in [7, 11) is 1.52. The molecule has 0 heterocycles. The zero-order valence-electron chi connectivity index (χ0n) is 12.4. The van der Waals surface area contributed by atoms with Crippen molar-refractivity contribution in [2.24, 2.45) is 0 Å². The van der Waals surface area contributed by atoms with E-state index in [9.17, 15) is 9.90 Å². The Morgan fingerprint density at radius 2 is 2.15 bits per heavy atom. The molecule has 3 N–H and O–H groups in total. The number of rotatable bonds is 8. The van der Waals surface area contributed by atoms with Gasteiger partial charge in [0.15, 0.2) is 11.5 Å². The fourth-order valence-electron chi connectivity index (χ4n) is 1.84. The van der Waals surface area contributed by atoms with E-state index < -0.39 is 0 Å². The molecule has 20 heavy (non-hydrogen) atoms. The van der Waals surface area contributed by atoms with Gasteiger partial charge in [0.05, 0.1) is 7.11 Å². The quantitative estimate of drug-likeness (QED) is 0.681. The van der Waals surface area contributed by atoms with Gasteiger partial charge in [-0.25, -0.2) is 0 Å². The first-order valence-electron chi connectivity index (χ1n) is 6.95. The summed E-state index contributed by atoms with van der Waals surface area (Å²) in [6, 6.07) is 5.33. The fraction of sp³-hybridized carbons (Fsp3) is 0.533. The molecule has 112 valence electrons. The lowest BCUT2D eigenvalue weighted by molar-refractivity contribution is -0.121. The molecule has 1 atom stereocenters. The number of ether oxygens (including phenoxy) is 1. The average molecular weight is 280 g/mol. The molecule has 0 aliphatic carbocycles. The van der Waals surface area contributed by atoms with Gasteiger partial charge in [-0.2, -0.15) is 0 Å². The van der Waals surface area contributed by atoms with Crippen molar-refractivity contribution in [2.75, 3.05) is 20.2 Å². The number of amides is 1. The summed E-state index contributed by atoms with van der Waals surface area (Å²) < 4.78 is 5.08. The van der Waals surface area contributed by atoms with Crippen LogP contribution in [0.1, 0.15) is 38.3 Å². The van der Waals surface area contributed by atoms with Crippen molar-refractivity contribution in [2.45, 2.75) is 32.7 Å². The first-order valence-corrected chi connectivity index (χ1v) is 6.95. The minimum atomic E-state index is 0.0647. The van der Waals surface area contributed by atoms with Crippen LogP contribution in [0.25, 0.3) is 0 Å². The van der Waals surface area contributed by atoms with Crippen molar-refractivity contribution in [3.8, 4) is 11.5 Å². The molecule has 1 rings (SSSR count). The molecule has 1 aromatic rings. The molecule has 0 fully saturated rings. The predicted molar refractivity (Wildman–Crippen MR) is 79.0 cm³/mol. The molecule has 1 unspecified atom stereocenters. The molecule has 0 aliphatic rings. The largest absolute Gasteiger partial charge is 0.504 e. The van der Waals surface area contributed by atoms with Gasteiger partial charge in [-0.1, -0.05) is 13.0 Å². The Morgan fingerprint density at radius 1 is 1.40 bits per heavy atom. The second-order valence-corrected chi connectivity index (χ2v) is 4.71. The third kappa shape index (κ3) is 5.09. The maximum absolute atomic E-state index is 11.5. The monoisotopic (exact) mass is 280 g/mol. The molecular formula is C15H24N2O3. The topological polar surface area (TPSA) is 70.6 Å². The fourth-order valence-corrected chi connectivity index (χ4v) is 1.84. The highest BCUT2D eigenvalue weighted by molar-refractivity contribution is 5.75. The van der Waals surface area contributed by atoms with E-state index in [-0.39, 0.29) is 17.7 Å². The second kappa shape index (κ2) is 8.43. The van der Waals surface area contributed by atoms with Gasteiger partial charge in [0.2, 0.25) is 5.91 Å². The van der Waals surface area contributed by atoms with Crippen LogP contribution in [0.4, 0.5) is 0 Å². The van der Waals surface area contributed by atoms with E-state index in [1.807, 2.05) is 19.9 Å². The van der Waals surface area contributed by atoms with Crippen LogP contribution in [-0.4, -0.2) is 31.2 Å². The van der Waals surface area contributed by atoms with Crippen molar-refractivity contribution >= 4 is 5.91 Å². The van der Waals surface area contributed by atoms with Crippen LogP contribution in [0.15, 0.2) is 18.2 Å². The van der Waals surface area contributed by atoms with Gasteiger partial charge < -0.3 is 20.5 Å². The Morgan fingerprint density at radius 3 is 2.80 bits per heavy atom. The number of phenolic OH excluding ortho intramolecular Hbond substituents is 1. The Kier molecular flexibility index (Phi) is 6.87. The standard InChI is InChI=1S/C15H24N2O3/c1-4-8-17-15(19)7-9-16-11(2)12-5-6-13(18)14(10-12)20-3/h5-6,10-11,16,18H,4,7-9H2,1-3H3,(H,17,19). The van der Waals surface area contributed by atoms with Crippen molar-refractivity contribution in [1.29, 1.82) is 0 Å².